The molecular formula is C17H19BrClNS. The van der Waals surface area contributed by atoms with E-state index in [0.717, 1.165) is 21.8 Å². The lowest BCUT2D eigenvalue weighted by atomic mass is 10.2. The molecule has 2 aromatic carbocycles. The van der Waals surface area contributed by atoms with Crippen molar-refractivity contribution in [2.24, 2.45) is 0 Å². The van der Waals surface area contributed by atoms with Crippen molar-refractivity contribution in [2.75, 3.05) is 0 Å². The highest BCUT2D eigenvalue weighted by atomic mass is 79.9. The van der Waals surface area contributed by atoms with Gasteiger partial charge >= 0.3 is 0 Å². The van der Waals surface area contributed by atoms with Crippen molar-refractivity contribution in [1.82, 2.24) is 5.32 Å². The Bertz CT molecular complexity index is 584. The third-order valence-corrected chi connectivity index (χ3v) is 4.95. The molecule has 0 saturated carbocycles. The van der Waals surface area contributed by atoms with E-state index in [9.17, 15) is 0 Å². The minimum atomic E-state index is 0.489. The molecule has 0 saturated heterocycles. The Hall–Kier alpha value is -0.480. The summed E-state index contributed by atoms with van der Waals surface area (Å²) in [4.78, 5) is 1.31. The van der Waals surface area contributed by atoms with Crippen LogP contribution in [0.2, 0.25) is 5.02 Å². The van der Waals surface area contributed by atoms with Gasteiger partial charge in [-0.1, -0.05) is 59.6 Å². The van der Waals surface area contributed by atoms with E-state index in [1.54, 1.807) is 0 Å². The molecule has 4 heteroatoms. The topological polar surface area (TPSA) is 12.0 Å². The average molecular weight is 385 g/mol. The molecule has 1 N–H and O–H groups in total. The second-order valence-corrected chi connectivity index (χ2v) is 7.57. The van der Waals surface area contributed by atoms with Gasteiger partial charge in [0, 0.05) is 32.7 Å². The predicted molar refractivity (Wildman–Crippen MR) is 97.1 cm³/mol. The molecule has 0 radical (unpaired) electrons. The summed E-state index contributed by atoms with van der Waals surface area (Å²) in [5, 5.41) is 4.27. The second-order valence-electron chi connectivity index (χ2n) is 5.20. The van der Waals surface area contributed by atoms with E-state index in [2.05, 4.69) is 65.4 Å². The fourth-order valence-corrected chi connectivity index (χ4v) is 3.55. The molecule has 0 amide bonds. The SMILES string of the molecule is CC(C)NCc1ccc(Br)cc1SCc1ccc(Cl)cc1. The molecule has 0 aliphatic rings. The molecule has 0 aliphatic heterocycles. The number of benzene rings is 2. The predicted octanol–water partition coefficient (Wildman–Crippen LogP) is 5.89. The zero-order valence-electron chi connectivity index (χ0n) is 12.2. The molecule has 1 nitrogen and oxygen atoms in total. The molecule has 0 aromatic heterocycles. The first-order chi connectivity index (χ1) is 10.0. The first-order valence-electron chi connectivity index (χ1n) is 6.93. The molecule has 0 bridgehead atoms. The van der Waals surface area contributed by atoms with E-state index in [-0.39, 0.29) is 0 Å². The molecule has 2 aromatic rings. The van der Waals surface area contributed by atoms with E-state index in [1.165, 1.54) is 16.0 Å². The number of hydrogen-bond acceptors (Lipinski definition) is 2. The fourth-order valence-electron chi connectivity index (χ4n) is 1.86. The van der Waals surface area contributed by atoms with Crippen LogP contribution in [0.5, 0.6) is 0 Å². The summed E-state index contributed by atoms with van der Waals surface area (Å²) in [5.41, 5.74) is 2.62. The largest absolute Gasteiger partial charge is 0.310 e. The van der Waals surface area contributed by atoms with Gasteiger partial charge in [0.1, 0.15) is 0 Å². The Morgan fingerprint density at radius 1 is 1.14 bits per heavy atom. The third kappa shape index (κ3) is 5.67. The first kappa shape index (κ1) is 16.9. The Balaban J connectivity index is 2.06. The van der Waals surface area contributed by atoms with Gasteiger partial charge in [0.25, 0.3) is 0 Å². The maximum atomic E-state index is 5.92. The van der Waals surface area contributed by atoms with Gasteiger partial charge in [-0.15, -0.1) is 11.8 Å². The fraction of sp³-hybridized carbons (Fsp3) is 0.294. The normalized spacial score (nSPS) is 11.1. The minimum absolute atomic E-state index is 0.489. The maximum Gasteiger partial charge on any atom is 0.0406 e. The molecule has 21 heavy (non-hydrogen) atoms. The molecule has 0 aliphatic carbocycles. The Morgan fingerprint density at radius 3 is 2.52 bits per heavy atom. The lowest BCUT2D eigenvalue weighted by Gasteiger charge is -2.13. The average Bonchev–Trinajstić information content (AvgIpc) is 2.45. The number of halogens is 2. The van der Waals surface area contributed by atoms with Crippen LogP contribution in [0.15, 0.2) is 51.8 Å². The molecule has 0 fully saturated rings. The molecule has 2 rings (SSSR count). The molecular weight excluding hydrogens is 366 g/mol. The molecule has 0 heterocycles. The zero-order valence-corrected chi connectivity index (χ0v) is 15.4. The maximum absolute atomic E-state index is 5.92. The van der Waals surface area contributed by atoms with Gasteiger partial charge in [-0.05, 0) is 35.4 Å². The van der Waals surface area contributed by atoms with E-state index in [4.69, 9.17) is 11.6 Å². The quantitative estimate of drug-likeness (QED) is 0.623. The second kappa shape index (κ2) is 8.23. The third-order valence-electron chi connectivity index (χ3n) is 3.04. The van der Waals surface area contributed by atoms with Crippen LogP contribution >= 0.6 is 39.3 Å². The Kier molecular flexibility index (Phi) is 6.62. The van der Waals surface area contributed by atoms with Gasteiger partial charge in [0.05, 0.1) is 0 Å². The van der Waals surface area contributed by atoms with Crippen molar-refractivity contribution in [3.8, 4) is 0 Å². The summed E-state index contributed by atoms with van der Waals surface area (Å²) in [6.07, 6.45) is 0. The van der Waals surface area contributed by atoms with Crippen molar-refractivity contribution in [3.05, 3.63) is 63.1 Å². The summed E-state index contributed by atoms with van der Waals surface area (Å²) in [7, 11) is 0. The van der Waals surface area contributed by atoms with E-state index < -0.39 is 0 Å². The summed E-state index contributed by atoms with van der Waals surface area (Å²) < 4.78 is 1.12. The molecule has 0 atom stereocenters. The van der Waals surface area contributed by atoms with Crippen LogP contribution < -0.4 is 5.32 Å². The van der Waals surface area contributed by atoms with Crippen molar-refractivity contribution in [1.29, 1.82) is 0 Å². The molecule has 0 unspecified atom stereocenters. The van der Waals surface area contributed by atoms with Crippen LogP contribution in [-0.4, -0.2) is 6.04 Å². The summed E-state index contributed by atoms with van der Waals surface area (Å²) in [5.74, 6) is 0.947. The van der Waals surface area contributed by atoms with Gasteiger partial charge in [-0.2, -0.15) is 0 Å². The lowest BCUT2D eigenvalue weighted by Crippen LogP contribution is -2.22. The van der Waals surface area contributed by atoms with Crippen LogP contribution in [0.25, 0.3) is 0 Å². The van der Waals surface area contributed by atoms with Gasteiger partial charge in [0.15, 0.2) is 0 Å². The summed E-state index contributed by atoms with van der Waals surface area (Å²) >= 11 is 11.3. The van der Waals surface area contributed by atoms with Crippen molar-refractivity contribution >= 4 is 39.3 Å². The number of rotatable bonds is 6. The standard InChI is InChI=1S/C17H19BrClNS/c1-12(2)20-10-14-5-6-15(18)9-17(14)21-11-13-3-7-16(19)8-4-13/h3-9,12,20H,10-11H2,1-2H3. The molecule has 0 spiro atoms. The van der Waals surface area contributed by atoms with Crippen LogP contribution in [-0.2, 0) is 12.3 Å². The smallest absolute Gasteiger partial charge is 0.0406 e. The zero-order chi connectivity index (χ0) is 15.2. The summed E-state index contributed by atoms with van der Waals surface area (Å²) in [6, 6.07) is 15.0. The van der Waals surface area contributed by atoms with Crippen LogP contribution in [0.3, 0.4) is 0 Å². The van der Waals surface area contributed by atoms with E-state index in [0.29, 0.717) is 6.04 Å². The van der Waals surface area contributed by atoms with Crippen molar-refractivity contribution in [3.63, 3.8) is 0 Å². The van der Waals surface area contributed by atoms with E-state index in [1.807, 2.05) is 23.9 Å². The van der Waals surface area contributed by atoms with E-state index >= 15 is 0 Å². The highest BCUT2D eigenvalue weighted by Crippen LogP contribution is 2.29. The van der Waals surface area contributed by atoms with Gasteiger partial charge in [-0.25, -0.2) is 0 Å². The highest BCUT2D eigenvalue weighted by Gasteiger charge is 2.06. The van der Waals surface area contributed by atoms with Gasteiger partial charge in [-0.3, -0.25) is 0 Å². The number of hydrogen-bond donors (Lipinski definition) is 1. The number of nitrogens with one attached hydrogen (secondary N) is 1. The Morgan fingerprint density at radius 2 is 1.86 bits per heavy atom. The van der Waals surface area contributed by atoms with Crippen LogP contribution in [0.4, 0.5) is 0 Å². The van der Waals surface area contributed by atoms with Crippen molar-refractivity contribution < 1.29 is 0 Å². The first-order valence-corrected chi connectivity index (χ1v) is 9.09. The Labute approximate surface area is 144 Å². The molecule has 112 valence electrons. The van der Waals surface area contributed by atoms with Crippen LogP contribution in [0, 0.1) is 0 Å². The minimum Gasteiger partial charge on any atom is -0.310 e. The lowest BCUT2D eigenvalue weighted by molar-refractivity contribution is 0.584. The monoisotopic (exact) mass is 383 g/mol. The number of thioether (sulfide) groups is 1. The summed E-state index contributed by atoms with van der Waals surface area (Å²) in [6.45, 7) is 5.23. The van der Waals surface area contributed by atoms with Gasteiger partial charge in [0.2, 0.25) is 0 Å². The van der Waals surface area contributed by atoms with Crippen LogP contribution in [0.1, 0.15) is 25.0 Å². The highest BCUT2D eigenvalue weighted by molar-refractivity contribution is 9.10. The van der Waals surface area contributed by atoms with Gasteiger partial charge < -0.3 is 5.32 Å². The van der Waals surface area contributed by atoms with Crippen molar-refractivity contribution in [2.45, 2.75) is 37.1 Å².